The molecular weight excluding hydrogens is 310 g/mol. The summed E-state index contributed by atoms with van der Waals surface area (Å²) in [7, 11) is 1.57. The van der Waals surface area contributed by atoms with Gasteiger partial charge in [-0.15, -0.1) is 0 Å². The number of hydrogen-bond donors (Lipinski definition) is 0. The monoisotopic (exact) mass is 321 g/mol. The first-order chi connectivity index (χ1) is 9.81. The van der Waals surface area contributed by atoms with E-state index in [1.807, 2.05) is 13.0 Å². The molecule has 0 atom stereocenters. The van der Waals surface area contributed by atoms with E-state index < -0.39 is 9.05 Å². The SMILES string of the molecule is Cc1ccc(C#N)cc1Oc1ccc(S(=O)(=O)Cl)c(C)c1. The van der Waals surface area contributed by atoms with E-state index in [9.17, 15) is 8.42 Å². The molecule has 4 nitrogen and oxygen atoms in total. The highest BCUT2D eigenvalue weighted by molar-refractivity contribution is 8.13. The molecule has 0 aromatic heterocycles. The maximum Gasteiger partial charge on any atom is 0.261 e. The number of rotatable bonds is 3. The molecule has 2 rings (SSSR count). The molecule has 108 valence electrons. The van der Waals surface area contributed by atoms with Gasteiger partial charge in [0.15, 0.2) is 0 Å². The van der Waals surface area contributed by atoms with Crippen LogP contribution in [-0.4, -0.2) is 8.42 Å². The minimum Gasteiger partial charge on any atom is -0.457 e. The molecule has 0 aliphatic carbocycles. The fourth-order valence-electron chi connectivity index (χ4n) is 1.87. The average Bonchev–Trinajstić information content (AvgIpc) is 2.40. The van der Waals surface area contributed by atoms with Gasteiger partial charge in [0.05, 0.1) is 16.5 Å². The van der Waals surface area contributed by atoms with Crippen molar-refractivity contribution in [3.8, 4) is 17.6 Å². The standard InChI is InChI=1S/C15H12ClNO3S/c1-10-3-4-12(9-17)8-14(10)20-13-5-6-15(11(2)7-13)21(16,18)19/h3-8H,1-2H3. The van der Waals surface area contributed by atoms with Gasteiger partial charge in [0, 0.05) is 10.7 Å². The zero-order valence-electron chi connectivity index (χ0n) is 11.4. The van der Waals surface area contributed by atoms with Crippen molar-refractivity contribution in [3.63, 3.8) is 0 Å². The minimum atomic E-state index is -3.77. The van der Waals surface area contributed by atoms with Crippen molar-refractivity contribution in [2.75, 3.05) is 0 Å². The summed E-state index contributed by atoms with van der Waals surface area (Å²) >= 11 is 0. The van der Waals surface area contributed by atoms with Crippen molar-refractivity contribution in [1.82, 2.24) is 0 Å². The maximum absolute atomic E-state index is 11.3. The predicted molar refractivity (Wildman–Crippen MR) is 80.2 cm³/mol. The van der Waals surface area contributed by atoms with Crippen LogP contribution >= 0.6 is 10.7 Å². The van der Waals surface area contributed by atoms with Gasteiger partial charge in [-0.2, -0.15) is 5.26 Å². The Balaban J connectivity index is 2.38. The average molecular weight is 322 g/mol. The van der Waals surface area contributed by atoms with Gasteiger partial charge in [0.25, 0.3) is 9.05 Å². The Labute approximate surface area is 128 Å². The molecule has 2 aromatic rings. The molecule has 21 heavy (non-hydrogen) atoms. The Bertz CT molecular complexity index is 838. The maximum atomic E-state index is 11.3. The summed E-state index contributed by atoms with van der Waals surface area (Å²) in [6.45, 7) is 3.50. The van der Waals surface area contributed by atoms with Crippen molar-refractivity contribution in [2.45, 2.75) is 18.7 Å². The van der Waals surface area contributed by atoms with Gasteiger partial charge in [0.2, 0.25) is 0 Å². The van der Waals surface area contributed by atoms with Crippen LogP contribution in [0.5, 0.6) is 11.5 Å². The number of benzene rings is 2. The van der Waals surface area contributed by atoms with E-state index in [-0.39, 0.29) is 4.90 Å². The molecule has 6 heteroatoms. The lowest BCUT2D eigenvalue weighted by molar-refractivity contribution is 0.478. The molecule has 0 amide bonds. The Morgan fingerprint density at radius 2 is 1.81 bits per heavy atom. The second-order valence-electron chi connectivity index (χ2n) is 4.56. The summed E-state index contributed by atoms with van der Waals surface area (Å²) < 4.78 is 28.4. The first-order valence-electron chi connectivity index (χ1n) is 6.05. The first kappa shape index (κ1) is 15.4. The van der Waals surface area contributed by atoms with Crippen LogP contribution in [0.3, 0.4) is 0 Å². The highest BCUT2D eigenvalue weighted by Gasteiger charge is 2.14. The predicted octanol–water partition coefficient (Wildman–Crippen LogP) is 3.89. The molecule has 2 aromatic carbocycles. The summed E-state index contributed by atoms with van der Waals surface area (Å²) in [5.41, 5.74) is 1.87. The molecule has 0 N–H and O–H groups in total. The summed E-state index contributed by atoms with van der Waals surface area (Å²) in [6.07, 6.45) is 0. The van der Waals surface area contributed by atoms with Gasteiger partial charge in [0.1, 0.15) is 11.5 Å². The summed E-state index contributed by atoms with van der Waals surface area (Å²) in [5, 5.41) is 8.90. The van der Waals surface area contributed by atoms with E-state index in [2.05, 4.69) is 0 Å². The number of nitrogens with zero attached hydrogens (tertiary/aromatic N) is 1. The van der Waals surface area contributed by atoms with Crippen LogP contribution in [-0.2, 0) is 9.05 Å². The Morgan fingerprint density at radius 3 is 2.38 bits per heavy atom. The van der Waals surface area contributed by atoms with Crippen molar-refractivity contribution in [2.24, 2.45) is 0 Å². The lowest BCUT2D eigenvalue weighted by Gasteiger charge is -2.10. The third kappa shape index (κ3) is 3.54. The van der Waals surface area contributed by atoms with Crippen LogP contribution < -0.4 is 4.74 Å². The third-order valence-corrected chi connectivity index (χ3v) is 4.44. The van der Waals surface area contributed by atoms with Gasteiger partial charge >= 0.3 is 0 Å². The summed E-state index contributed by atoms with van der Waals surface area (Å²) in [6, 6.07) is 11.7. The Hall–Kier alpha value is -2.03. The van der Waals surface area contributed by atoms with Crippen LogP contribution in [0.15, 0.2) is 41.3 Å². The highest BCUT2D eigenvalue weighted by Crippen LogP contribution is 2.29. The fraction of sp³-hybridized carbons (Fsp3) is 0.133. The molecular formula is C15H12ClNO3S. The van der Waals surface area contributed by atoms with Gasteiger partial charge in [-0.3, -0.25) is 0 Å². The zero-order valence-corrected chi connectivity index (χ0v) is 13.0. The summed E-state index contributed by atoms with van der Waals surface area (Å²) in [5.74, 6) is 1.03. The second kappa shape index (κ2) is 5.76. The van der Waals surface area contributed by atoms with E-state index >= 15 is 0 Å². The molecule has 0 radical (unpaired) electrons. The molecule has 0 heterocycles. The van der Waals surface area contributed by atoms with Crippen molar-refractivity contribution in [3.05, 3.63) is 53.1 Å². The van der Waals surface area contributed by atoms with Crippen molar-refractivity contribution >= 4 is 19.7 Å². The van der Waals surface area contributed by atoms with E-state index in [4.69, 9.17) is 20.7 Å². The zero-order chi connectivity index (χ0) is 15.6. The molecule has 0 fully saturated rings. The molecule has 0 unspecified atom stereocenters. The van der Waals surface area contributed by atoms with Crippen LogP contribution in [0.25, 0.3) is 0 Å². The number of nitriles is 1. The largest absolute Gasteiger partial charge is 0.457 e. The smallest absolute Gasteiger partial charge is 0.261 e. The van der Waals surface area contributed by atoms with Crippen molar-refractivity contribution < 1.29 is 13.2 Å². The molecule has 0 saturated heterocycles. The third-order valence-electron chi connectivity index (χ3n) is 2.95. The molecule has 0 saturated carbocycles. The molecule has 0 bridgehead atoms. The molecule has 0 aliphatic rings. The van der Waals surface area contributed by atoms with E-state index in [0.717, 1.165) is 5.56 Å². The summed E-state index contributed by atoms with van der Waals surface area (Å²) in [4.78, 5) is 0.0546. The number of hydrogen-bond acceptors (Lipinski definition) is 4. The second-order valence-corrected chi connectivity index (χ2v) is 7.09. The van der Waals surface area contributed by atoms with E-state index in [1.165, 1.54) is 12.1 Å². The Morgan fingerprint density at radius 1 is 1.10 bits per heavy atom. The van der Waals surface area contributed by atoms with Crippen LogP contribution in [0.2, 0.25) is 0 Å². The quantitative estimate of drug-likeness (QED) is 0.804. The van der Waals surface area contributed by atoms with Crippen LogP contribution in [0.1, 0.15) is 16.7 Å². The van der Waals surface area contributed by atoms with Crippen LogP contribution in [0.4, 0.5) is 0 Å². The van der Waals surface area contributed by atoms with Crippen molar-refractivity contribution in [1.29, 1.82) is 5.26 Å². The minimum absolute atomic E-state index is 0.0546. The fourth-order valence-corrected chi connectivity index (χ4v) is 3.06. The molecule has 0 aliphatic heterocycles. The lowest BCUT2D eigenvalue weighted by atomic mass is 10.1. The van der Waals surface area contributed by atoms with Gasteiger partial charge in [-0.25, -0.2) is 8.42 Å². The first-order valence-corrected chi connectivity index (χ1v) is 8.36. The topological polar surface area (TPSA) is 67.2 Å². The van der Waals surface area contributed by atoms with Gasteiger partial charge < -0.3 is 4.74 Å². The Kier molecular flexibility index (Phi) is 4.21. The van der Waals surface area contributed by atoms with Gasteiger partial charge in [-0.05, 0) is 55.3 Å². The lowest BCUT2D eigenvalue weighted by Crippen LogP contribution is -1.95. The molecule has 0 spiro atoms. The highest BCUT2D eigenvalue weighted by atomic mass is 35.7. The van der Waals surface area contributed by atoms with Crippen LogP contribution in [0, 0.1) is 25.2 Å². The van der Waals surface area contributed by atoms with E-state index in [1.54, 1.807) is 31.2 Å². The van der Waals surface area contributed by atoms with E-state index in [0.29, 0.717) is 22.6 Å². The number of halogens is 1. The number of ether oxygens (including phenoxy) is 1. The normalized spacial score (nSPS) is 11.0. The van der Waals surface area contributed by atoms with Gasteiger partial charge in [-0.1, -0.05) is 6.07 Å². The number of aryl methyl sites for hydroxylation is 2.